The molecule has 0 radical (unpaired) electrons. The molecule has 7 nitrogen and oxygen atoms in total. The fraction of sp³-hybridized carbons (Fsp3) is 0.200. The first-order valence-electron chi connectivity index (χ1n) is 10.6. The third kappa shape index (κ3) is 6.15. The highest BCUT2D eigenvalue weighted by atomic mass is 127. The van der Waals surface area contributed by atoms with E-state index in [1.807, 2.05) is 30.3 Å². The van der Waals surface area contributed by atoms with Crippen molar-refractivity contribution in [3.05, 3.63) is 94.1 Å². The van der Waals surface area contributed by atoms with Crippen molar-refractivity contribution >= 4 is 50.1 Å². The van der Waals surface area contributed by atoms with Crippen molar-refractivity contribution in [3.8, 4) is 0 Å². The van der Waals surface area contributed by atoms with Crippen LogP contribution in [0.1, 0.15) is 12.5 Å². The monoisotopic (exact) mass is 591 g/mol. The molecule has 0 saturated heterocycles. The van der Waals surface area contributed by atoms with Gasteiger partial charge in [0.05, 0.1) is 10.6 Å². The Morgan fingerprint density at radius 3 is 2.03 bits per heavy atom. The molecule has 0 spiro atoms. The minimum absolute atomic E-state index is 0.0790. The number of nitrogens with one attached hydrogen (secondary N) is 1. The van der Waals surface area contributed by atoms with Crippen LogP contribution in [-0.4, -0.2) is 44.8 Å². The molecule has 34 heavy (non-hydrogen) atoms. The summed E-state index contributed by atoms with van der Waals surface area (Å²) in [4.78, 5) is 27.5. The summed E-state index contributed by atoms with van der Waals surface area (Å²) in [5.41, 5.74) is 1.20. The second kappa shape index (κ2) is 11.5. The molecule has 0 aromatic heterocycles. The molecule has 0 aliphatic carbocycles. The maximum Gasteiger partial charge on any atom is 0.264 e. The molecule has 0 unspecified atom stereocenters. The van der Waals surface area contributed by atoms with Gasteiger partial charge in [-0.2, -0.15) is 0 Å². The summed E-state index contributed by atoms with van der Waals surface area (Å²) >= 11 is 2.13. The molecule has 3 aromatic carbocycles. The normalized spacial score (nSPS) is 12.0. The van der Waals surface area contributed by atoms with E-state index in [4.69, 9.17) is 0 Å². The van der Waals surface area contributed by atoms with Gasteiger partial charge in [0.1, 0.15) is 12.6 Å². The summed E-state index contributed by atoms with van der Waals surface area (Å²) in [5.74, 6) is -0.825. The molecule has 0 saturated carbocycles. The highest BCUT2D eigenvalue weighted by Gasteiger charge is 2.32. The van der Waals surface area contributed by atoms with E-state index in [0.717, 1.165) is 13.4 Å². The van der Waals surface area contributed by atoms with Gasteiger partial charge in [-0.1, -0.05) is 48.5 Å². The number of hydrogen-bond donors (Lipinski definition) is 1. The summed E-state index contributed by atoms with van der Waals surface area (Å²) < 4.78 is 29.2. The van der Waals surface area contributed by atoms with Crippen LogP contribution < -0.4 is 9.62 Å². The zero-order chi connectivity index (χ0) is 24.7. The van der Waals surface area contributed by atoms with E-state index in [2.05, 4.69) is 27.9 Å². The Hall–Kier alpha value is -2.92. The van der Waals surface area contributed by atoms with Crippen molar-refractivity contribution in [1.82, 2.24) is 10.2 Å². The fourth-order valence-corrected chi connectivity index (χ4v) is 5.22. The summed E-state index contributed by atoms with van der Waals surface area (Å²) in [6.45, 7) is 1.34. The molecule has 9 heteroatoms. The van der Waals surface area contributed by atoms with Crippen molar-refractivity contribution in [2.45, 2.75) is 24.4 Å². The fourth-order valence-electron chi connectivity index (χ4n) is 3.43. The molecular formula is C25H26IN3O4S. The largest absolute Gasteiger partial charge is 0.357 e. The molecule has 1 N–H and O–H groups in total. The molecule has 0 fully saturated rings. The number of amides is 2. The van der Waals surface area contributed by atoms with Gasteiger partial charge in [-0.25, -0.2) is 8.42 Å². The van der Waals surface area contributed by atoms with Crippen LogP contribution in [-0.2, 0) is 26.2 Å². The molecule has 0 aliphatic rings. The zero-order valence-electron chi connectivity index (χ0n) is 18.9. The van der Waals surface area contributed by atoms with Gasteiger partial charge in [-0.05, 0) is 71.5 Å². The second-order valence-corrected chi connectivity index (χ2v) is 10.7. The first-order chi connectivity index (χ1) is 16.2. The number of anilines is 1. The first-order valence-corrected chi connectivity index (χ1v) is 13.1. The third-order valence-corrected chi connectivity index (χ3v) is 7.84. The number of rotatable bonds is 9. The average Bonchev–Trinajstić information content (AvgIpc) is 2.86. The number of sulfonamides is 1. The van der Waals surface area contributed by atoms with Gasteiger partial charge < -0.3 is 10.2 Å². The van der Waals surface area contributed by atoms with Gasteiger partial charge in [0, 0.05) is 17.2 Å². The Morgan fingerprint density at radius 1 is 0.912 bits per heavy atom. The van der Waals surface area contributed by atoms with Gasteiger partial charge in [0.15, 0.2) is 0 Å². The molecule has 1 atom stereocenters. The second-order valence-electron chi connectivity index (χ2n) is 7.60. The van der Waals surface area contributed by atoms with Crippen LogP contribution >= 0.6 is 22.6 Å². The van der Waals surface area contributed by atoms with Gasteiger partial charge in [0.25, 0.3) is 10.0 Å². The Morgan fingerprint density at radius 2 is 1.47 bits per heavy atom. The lowest BCUT2D eigenvalue weighted by molar-refractivity contribution is -0.139. The molecule has 0 heterocycles. The number of carbonyl (C=O) groups excluding carboxylic acids is 2. The van der Waals surface area contributed by atoms with E-state index in [0.29, 0.717) is 5.69 Å². The molecule has 178 valence electrons. The number of benzene rings is 3. The lowest BCUT2D eigenvalue weighted by atomic mass is 10.1. The predicted octanol–water partition coefficient (Wildman–Crippen LogP) is 3.65. The van der Waals surface area contributed by atoms with Crippen LogP contribution in [0.25, 0.3) is 0 Å². The van der Waals surface area contributed by atoms with Crippen LogP contribution in [0.2, 0.25) is 0 Å². The van der Waals surface area contributed by atoms with Gasteiger partial charge in [-0.3, -0.25) is 13.9 Å². The van der Waals surface area contributed by atoms with Crippen molar-refractivity contribution in [2.24, 2.45) is 0 Å². The SMILES string of the molecule is CNC(=O)[C@H](C)N(Cc1ccccc1)C(=O)CN(c1ccc(I)cc1)S(=O)(=O)c1ccccc1. The van der Waals surface area contributed by atoms with Crippen molar-refractivity contribution in [1.29, 1.82) is 0 Å². The Kier molecular flexibility index (Phi) is 8.67. The standard InChI is InChI=1S/C25H26IN3O4S/c1-19(25(31)27-2)28(17-20-9-5-3-6-10-20)24(30)18-29(22-15-13-21(26)14-16-22)34(32,33)23-11-7-4-8-12-23/h3-16,19H,17-18H2,1-2H3,(H,27,31)/t19-/m0/s1. The zero-order valence-corrected chi connectivity index (χ0v) is 21.9. The van der Waals surface area contributed by atoms with Crippen molar-refractivity contribution < 1.29 is 18.0 Å². The predicted molar refractivity (Wildman–Crippen MR) is 141 cm³/mol. The smallest absolute Gasteiger partial charge is 0.264 e. The molecule has 3 aromatic rings. The van der Waals surface area contributed by atoms with Crippen LogP contribution in [0.3, 0.4) is 0 Å². The average molecular weight is 591 g/mol. The Balaban J connectivity index is 2.00. The lowest BCUT2D eigenvalue weighted by Crippen LogP contribution is -2.50. The van der Waals surface area contributed by atoms with Gasteiger partial charge in [-0.15, -0.1) is 0 Å². The summed E-state index contributed by atoms with van der Waals surface area (Å²) in [5, 5.41) is 2.57. The van der Waals surface area contributed by atoms with Crippen LogP contribution in [0, 0.1) is 3.57 Å². The number of halogens is 1. The Labute approximate surface area is 214 Å². The maximum atomic E-state index is 13.6. The van der Waals surface area contributed by atoms with E-state index in [1.54, 1.807) is 49.4 Å². The molecular weight excluding hydrogens is 565 g/mol. The van der Waals surface area contributed by atoms with Crippen molar-refractivity contribution in [3.63, 3.8) is 0 Å². The van der Waals surface area contributed by atoms with E-state index in [-0.39, 0.29) is 17.3 Å². The summed E-state index contributed by atoms with van der Waals surface area (Å²) in [7, 11) is -2.54. The minimum atomic E-state index is -4.04. The molecule has 0 aliphatic heterocycles. The lowest BCUT2D eigenvalue weighted by Gasteiger charge is -2.31. The van der Waals surface area contributed by atoms with Crippen LogP contribution in [0.15, 0.2) is 89.8 Å². The Bertz CT molecular complexity index is 1220. The molecule has 0 bridgehead atoms. The van der Waals surface area contributed by atoms with Crippen LogP contribution in [0.5, 0.6) is 0 Å². The van der Waals surface area contributed by atoms with E-state index in [9.17, 15) is 18.0 Å². The van der Waals surface area contributed by atoms with Crippen molar-refractivity contribution in [2.75, 3.05) is 17.9 Å². The number of hydrogen-bond acceptors (Lipinski definition) is 4. The van der Waals surface area contributed by atoms with E-state index in [1.165, 1.54) is 24.1 Å². The number of carbonyl (C=O) groups is 2. The summed E-state index contributed by atoms with van der Waals surface area (Å²) in [6.07, 6.45) is 0. The van der Waals surface area contributed by atoms with Gasteiger partial charge >= 0.3 is 0 Å². The van der Waals surface area contributed by atoms with E-state index < -0.39 is 28.5 Å². The summed E-state index contributed by atoms with van der Waals surface area (Å²) in [6, 6.07) is 23.4. The molecule has 2 amide bonds. The number of likely N-dealkylation sites (N-methyl/N-ethyl adjacent to an activating group) is 1. The topological polar surface area (TPSA) is 86.8 Å². The number of nitrogens with zero attached hydrogens (tertiary/aromatic N) is 2. The van der Waals surface area contributed by atoms with Gasteiger partial charge in [0.2, 0.25) is 11.8 Å². The molecule has 3 rings (SSSR count). The third-order valence-electron chi connectivity index (χ3n) is 5.33. The van der Waals surface area contributed by atoms with Crippen LogP contribution in [0.4, 0.5) is 5.69 Å². The van der Waals surface area contributed by atoms with E-state index >= 15 is 0 Å². The minimum Gasteiger partial charge on any atom is -0.357 e. The maximum absolute atomic E-state index is 13.6. The first kappa shape index (κ1) is 25.7. The highest BCUT2D eigenvalue weighted by Crippen LogP contribution is 2.25. The highest BCUT2D eigenvalue weighted by molar-refractivity contribution is 14.1. The quantitative estimate of drug-likeness (QED) is 0.385.